The highest BCUT2D eigenvalue weighted by Gasteiger charge is 2.29. The van der Waals surface area contributed by atoms with Crippen LogP contribution in [-0.2, 0) is 0 Å². The molecule has 0 spiro atoms. The summed E-state index contributed by atoms with van der Waals surface area (Å²) in [5.41, 5.74) is 7.25. The Morgan fingerprint density at radius 3 is 2.53 bits per heavy atom. The SMILES string of the molecule is COc1cc(N)ccc1C(=O)N1CCC(C)(C)CC1. The lowest BCUT2D eigenvalue weighted by Gasteiger charge is -2.37. The molecule has 4 heteroatoms. The fourth-order valence-electron chi connectivity index (χ4n) is 2.37. The van der Waals surface area contributed by atoms with E-state index in [4.69, 9.17) is 10.5 Å². The summed E-state index contributed by atoms with van der Waals surface area (Å²) in [6.45, 7) is 6.11. The summed E-state index contributed by atoms with van der Waals surface area (Å²) >= 11 is 0. The zero-order valence-corrected chi connectivity index (χ0v) is 11.9. The van der Waals surface area contributed by atoms with Gasteiger partial charge in [-0.15, -0.1) is 0 Å². The highest BCUT2D eigenvalue weighted by molar-refractivity contribution is 5.97. The molecule has 19 heavy (non-hydrogen) atoms. The Bertz CT molecular complexity index is 473. The number of rotatable bonds is 2. The third-order valence-electron chi connectivity index (χ3n) is 3.86. The van der Waals surface area contributed by atoms with Crippen LogP contribution in [0.3, 0.4) is 0 Å². The van der Waals surface area contributed by atoms with E-state index in [1.807, 2.05) is 4.90 Å². The molecule has 1 fully saturated rings. The van der Waals surface area contributed by atoms with Crippen LogP contribution in [0.25, 0.3) is 0 Å². The number of nitrogen functional groups attached to an aromatic ring is 1. The molecule has 0 unspecified atom stereocenters. The van der Waals surface area contributed by atoms with Crippen molar-refractivity contribution in [2.75, 3.05) is 25.9 Å². The Kier molecular flexibility index (Phi) is 3.69. The van der Waals surface area contributed by atoms with Crippen molar-refractivity contribution in [3.63, 3.8) is 0 Å². The molecule has 0 bridgehead atoms. The number of nitrogens with two attached hydrogens (primary N) is 1. The normalized spacial score (nSPS) is 18.2. The van der Waals surface area contributed by atoms with Gasteiger partial charge in [0.25, 0.3) is 5.91 Å². The van der Waals surface area contributed by atoms with Crippen LogP contribution in [0.4, 0.5) is 5.69 Å². The number of amides is 1. The van der Waals surface area contributed by atoms with E-state index < -0.39 is 0 Å². The largest absolute Gasteiger partial charge is 0.496 e. The van der Waals surface area contributed by atoms with E-state index in [1.54, 1.807) is 25.3 Å². The molecule has 1 saturated heterocycles. The lowest BCUT2D eigenvalue weighted by Crippen LogP contribution is -2.41. The Morgan fingerprint density at radius 1 is 1.32 bits per heavy atom. The number of anilines is 1. The van der Waals surface area contributed by atoms with E-state index in [0.717, 1.165) is 25.9 Å². The maximum atomic E-state index is 12.5. The number of likely N-dealkylation sites (tertiary alicyclic amines) is 1. The van der Waals surface area contributed by atoms with E-state index in [-0.39, 0.29) is 5.91 Å². The van der Waals surface area contributed by atoms with Gasteiger partial charge < -0.3 is 15.4 Å². The van der Waals surface area contributed by atoms with E-state index in [9.17, 15) is 4.79 Å². The monoisotopic (exact) mass is 262 g/mol. The predicted octanol–water partition coefficient (Wildman–Crippen LogP) is 2.54. The smallest absolute Gasteiger partial charge is 0.257 e. The number of benzene rings is 1. The van der Waals surface area contributed by atoms with Crippen LogP contribution in [-0.4, -0.2) is 31.0 Å². The fraction of sp³-hybridized carbons (Fsp3) is 0.533. The number of nitrogens with zero attached hydrogens (tertiary/aromatic N) is 1. The second kappa shape index (κ2) is 5.11. The molecule has 104 valence electrons. The van der Waals surface area contributed by atoms with Gasteiger partial charge >= 0.3 is 0 Å². The van der Waals surface area contributed by atoms with Gasteiger partial charge in [0.2, 0.25) is 0 Å². The second-order valence-electron chi connectivity index (χ2n) is 5.92. The van der Waals surface area contributed by atoms with Crippen molar-refractivity contribution in [2.45, 2.75) is 26.7 Å². The predicted molar refractivity (Wildman–Crippen MR) is 76.3 cm³/mol. The van der Waals surface area contributed by atoms with Crippen molar-refractivity contribution in [2.24, 2.45) is 5.41 Å². The molecule has 1 aliphatic rings. The van der Waals surface area contributed by atoms with Gasteiger partial charge in [-0.1, -0.05) is 13.8 Å². The molecule has 2 rings (SSSR count). The quantitative estimate of drug-likeness (QED) is 0.833. The Morgan fingerprint density at radius 2 is 1.95 bits per heavy atom. The summed E-state index contributed by atoms with van der Waals surface area (Å²) in [5, 5.41) is 0. The molecule has 0 aromatic heterocycles. The first-order chi connectivity index (χ1) is 8.93. The average molecular weight is 262 g/mol. The average Bonchev–Trinajstić information content (AvgIpc) is 2.37. The number of methoxy groups -OCH3 is 1. The molecule has 2 N–H and O–H groups in total. The minimum Gasteiger partial charge on any atom is -0.496 e. The Labute approximate surface area is 114 Å². The van der Waals surface area contributed by atoms with Crippen LogP contribution in [0.2, 0.25) is 0 Å². The number of carbonyl (C=O) groups excluding carboxylic acids is 1. The first kappa shape index (κ1) is 13.7. The molecule has 1 heterocycles. The Balaban J connectivity index is 2.16. The highest BCUT2D eigenvalue weighted by atomic mass is 16.5. The molecule has 0 radical (unpaired) electrons. The summed E-state index contributed by atoms with van der Waals surface area (Å²) in [6.07, 6.45) is 2.08. The topological polar surface area (TPSA) is 55.6 Å². The van der Waals surface area contributed by atoms with Gasteiger partial charge in [0.15, 0.2) is 0 Å². The molecule has 0 aliphatic carbocycles. The summed E-state index contributed by atoms with van der Waals surface area (Å²) in [5.74, 6) is 0.585. The lowest BCUT2D eigenvalue weighted by atomic mass is 9.82. The minimum atomic E-state index is 0.0346. The third-order valence-corrected chi connectivity index (χ3v) is 3.86. The van der Waals surface area contributed by atoms with Crippen molar-refractivity contribution in [1.82, 2.24) is 4.90 Å². The number of piperidine rings is 1. The molecular weight excluding hydrogens is 240 g/mol. The maximum Gasteiger partial charge on any atom is 0.257 e. The minimum absolute atomic E-state index is 0.0346. The number of ether oxygens (including phenoxy) is 1. The molecule has 4 nitrogen and oxygen atoms in total. The summed E-state index contributed by atoms with van der Waals surface area (Å²) < 4.78 is 5.25. The molecule has 1 amide bonds. The first-order valence-corrected chi connectivity index (χ1v) is 6.66. The summed E-state index contributed by atoms with van der Waals surface area (Å²) in [4.78, 5) is 14.4. The molecule has 1 aromatic carbocycles. The van der Waals surface area contributed by atoms with Crippen LogP contribution in [0, 0.1) is 5.41 Å². The van der Waals surface area contributed by atoms with Crippen LogP contribution in [0.15, 0.2) is 18.2 Å². The fourth-order valence-corrected chi connectivity index (χ4v) is 2.37. The Hall–Kier alpha value is -1.71. The molecule has 0 atom stereocenters. The molecular formula is C15H22N2O2. The number of hydrogen-bond donors (Lipinski definition) is 1. The summed E-state index contributed by atoms with van der Waals surface area (Å²) in [7, 11) is 1.56. The highest BCUT2D eigenvalue weighted by Crippen LogP contribution is 2.31. The standard InChI is InChI=1S/C15H22N2O2/c1-15(2)6-8-17(9-7-15)14(18)12-5-4-11(16)10-13(12)19-3/h4-5,10H,6-9,16H2,1-3H3. The van der Waals surface area contributed by atoms with E-state index in [0.29, 0.717) is 22.4 Å². The zero-order chi connectivity index (χ0) is 14.0. The van der Waals surface area contributed by atoms with Crippen LogP contribution < -0.4 is 10.5 Å². The zero-order valence-electron chi connectivity index (χ0n) is 11.9. The lowest BCUT2D eigenvalue weighted by molar-refractivity contribution is 0.0627. The summed E-state index contributed by atoms with van der Waals surface area (Å²) in [6, 6.07) is 5.18. The van der Waals surface area contributed by atoms with Gasteiger partial charge in [-0.05, 0) is 30.4 Å². The second-order valence-corrected chi connectivity index (χ2v) is 5.92. The van der Waals surface area contributed by atoms with Gasteiger partial charge in [-0.25, -0.2) is 0 Å². The first-order valence-electron chi connectivity index (χ1n) is 6.66. The molecule has 0 saturated carbocycles. The number of hydrogen-bond acceptors (Lipinski definition) is 3. The van der Waals surface area contributed by atoms with Crippen molar-refractivity contribution in [3.8, 4) is 5.75 Å². The van der Waals surface area contributed by atoms with E-state index in [2.05, 4.69) is 13.8 Å². The molecule has 1 aromatic rings. The van der Waals surface area contributed by atoms with E-state index >= 15 is 0 Å². The van der Waals surface area contributed by atoms with Gasteiger partial charge in [0.1, 0.15) is 5.75 Å². The van der Waals surface area contributed by atoms with Crippen molar-refractivity contribution in [3.05, 3.63) is 23.8 Å². The van der Waals surface area contributed by atoms with Gasteiger partial charge in [0, 0.05) is 24.8 Å². The van der Waals surface area contributed by atoms with Crippen LogP contribution >= 0.6 is 0 Å². The number of carbonyl (C=O) groups is 1. The van der Waals surface area contributed by atoms with Crippen molar-refractivity contribution in [1.29, 1.82) is 0 Å². The molecule has 1 aliphatic heterocycles. The van der Waals surface area contributed by atoms with Gasteiger partial charge in [0.05, 0.1) is 12.7 Å². The van der Waals surface area contributed by atoms with Crippen LogP contribution in [0.1, 0.15) is 37.0 Å². The van der Waals surface area contributed by atoms with Gasteiger partial charge in [-0.2, -0.15) is 0 Å². The van der Waals surface area contributed by atoms with Crippen molar-refractivity contribution >= 4 is 11.6 Å². The van der Waals surface area contributed by atoms with E-state index in [1.165, 1.54) is 0 Å². The van der Waals surface area contributed by atoms with Crippen LogP contribution in [0.5, 0.6) is 5.75 Å². The van der Waals surface area contributed by atoms with Gasteiger partial charge in [-0.3, -0.25) is 4.79 Å². The third kappa shape index (κ3) is 3.00. The maximum absolute atomic E-state index is 12.5. The van der Waals surface area contributed by atoms with Crippen molar-refractivity contribution < 1.29 is 9.53 Å².